The molecule has 0 fully saturated rings. The fourth-order valence-electron chi connectivity index (χ4n) is 6.66. The summed E-state index contributed by atoms with van der Waals surface area (Å²) < 4.78 is 23.3. The minimum Gasteiger partial charge on any atom is -0.493 e. The Hall–Kier alpha value is -4.16. The number of nitrogens with zero attached hydrogens (tertiary/aromatic N) is 2. The molecule has 0 saturated carbocycles. The molecule has 2 aromatic rings. The van der Waals surface area contributed by atoms with E-state index in [1.165, 1.54) is 4.90 Å². The second-order valence-corrected chi connectivity index (χ2v) is 14.3. The molecule has 0 aliphatic carbocycles. The first-order valence-corrected chi connectivity index (χ1v) is 16.6. The van der Waals surface area contributed by atoms with Crippen molar-refractivity contribution in [1.82, 2.24) is 15.5 Å². The Balaban J connectivity index is 1.55. The van der Waals surface area contributed by atoms with Crippen LogP contribution in [0.25, 0.3) is 0 Å². The number of aliphatic imine (C=N–C) groups is 1. The Morgan fingerprint density at radius 3 is 2.46 bits per heavy atom. The summed E-state index contributed by atoms with van der Waals surface area (Å²) in [6.07, 6.45) is -0.433. The Morgan fingerprint density at radius 2 is 1.79 bits per heavy atom. The SMILES string of the molecule is CCC1(CC)CC(=O)N([C@H]2c3cc(C(=O)NC4c5ccccc5OC(C)(C)[C@H]4O)ccc3OC[C@H]2COC)C(NC(=O)OC(C)(C)C)=N1. The maximum Gasteiger partial charge on any atom is 0.414 e. The number of para-hydroxylation sites is 1. The summed E-state index contributed by atoms with van der Waals surface area (Å²) in [5.41, 5.74) is -0.891. The highest BCUT2D eigenvalue weighted by Crippen LogP contribution is 2.44. The van der Waals surface area contributed by atoms with Crippen molar-refractivity contribution in [3.8, 4) is 11.5 Å². The van der Waals surface area contributed by atoms with E-state index in [-0.39, 0.29) is 37.4 Å². The molecular weight excluding hydrogens is 616 g/mol. The van der Waals surface area contributed by atoms with Crippen LogP contribution in [0.3, 0.4) is 0 Å². The lowest BCUT2D eigenvalue weighted by atomic mass is 9.84. The highest BCUT2D eigenvalue weighted by molar-refractivity contribution is 6.05. The standard InChI is InChI=1S/C36H48N4O8/c1-9-36(10-2)18-27(41)40(32(39-36)38-33(44)48-34(3,4)5)29-22(19-45-8)20-46-25-16-15-21(17-24(25)29)31(43)37-28-23-13-11-12-14-26(23)47-35(6,7)30(28)42/h11-17,22,28-30,42H,9-10,18-20H2,1-8H3,(H,37,43)(H,38,39,44)/t22-,28?,29-,30+/m1/s1. The van der Waals surface area contributed by atoms with Gasteiger partial charge in [-0.25, -0.2) is 9.79 Å². The first-order chi connectivity index (χ1) is 22.6. The molecule has 0 saturated heterocycles. The maximum absolute atomic E-state index is 14.2. The number of fused-ring (bicyclic) bond motifs is 2. The zero-order chi connectivity index (χ0) is 35.0. The minimum atomic E-state index is -1.03. The largest absolute Gasteiger partial charge is 0.493 e. The Labute approximate surface area is 282 Å². The van der Waals surface area contributed by atoms with Crippen LogP contribution >= 0.6 is 0 Å². The van der Waals surface area contributed by atoms with Gasteiger partial charge in [-0.2, -0.15) is 0 Å². The lowest BCUT2D eigenvalue weighted by Gasteiger charge is -2.45. The quantitative estimate of drug-likeness (QED) is 0.372. The first kappa shape index (κ1) is 35.2. The number of aliphatic hydroxyl groups excluding tert-OH is 1. The van der Waals surface area contributed by atoms with Gasteiger partial charge >= 0.3 is 6.09 Å². The number of hydrogen-bond acceptors (Lipinski definition) is 9. The number of amides is 3. The van der Waals surface area contributed by atoms with Crippen LogP contribution in [-0.4, -0.2) is 77.0 Å². The van der Waals surface area contributed by atoms with E-state index in [9.17, 15) is 19.5 Å². The van der Waals surface area contributed by atoms with Crippen LogP contribution in [0.5, 0.6) is 11.5 Å². The zero-order valence-corrected chi connectivity index (χ0v) is 29.1. The Morgan fingerprint density at radius 1 is 1.08 bits per heavy atom. The van der Waals surface area contributed by atoms with Crippen molar-refractivity contribution in [2.45, 2.75) is 103 Å². The van der Waals surface area contributed by atoms with Gasteiger partial charge in [0.1, 0.15) is 28.8 Å². The molecule has 12 heteroatoms. The second-order valence-electron chi connectivity index (χ2n) is 14.3. The van der Waals surface area contributed by atoms with E-state index in [0.717, 1.165) is 0 Å². The Bertz CT molecular complexity index is 1580. The van der Waals surface area contributed by atoms with Gasteiger partial charge in [-0.05, 0) is 71.7 Å². The molecule has 3 heterocycles. The number of alkyl carbamates (subject to hydrolysis) is 1. The summed E-state index contributed by atoms with van der Waals surface area (Å²) in [5.74, 6) is 0.149. The number of guanidine groups is 1. The molecular formula is C36H48N4O8. The summed E-state index contributed by atoms with van der Waals surface area (Å²) in [7, 11) is 1.57. The molecule has 0 aromatic heterocycles. The third kappa shape index (κ3) is 7.00. The van der Waals surface area contributed by atoms with Gasteiger partial charge in [0.05, 0.1) is 37.3 Å². The number of benzene rings is 2. The van der Waals surface area contributed by atoms with Crippen molar-refractivity contribution in [2.75, 3.05) is 20.3 Å². The van der Waals surface area contributed by atoms with Crippen LogP contribution in [0.2, 0.25) is 0 Å². The highest BCUT2D eigenvalue weighted by Gasteiger charge is 2.47. The lowest BCUT2D eigenvalue weighted by Crippen LogP contribution is -2.58. The van der Waals surface area contributed by atoms with Crippen molar-refractivity contribution in [2.24, 2.45) is 10.9 Å². The molecule has 48 heavy (non-hydrogen) atoms. The van der Waals surface area contributed by atoms with Crippen LogP contribution < -0.4 is 20.1 Å². The van der Waals surface area contributed by atoms with Gasteiger partial charge in [0.15, 0.2) is 0 Å². The number of nitrogens with one attached hydrogen (secondary N) is 2. The number of carbonyl (C=O) groups excluding carboxylic acids is 3. The number of rotatable bonds is 7. The minimum absolute atomic E-state index is 0.0853. The summed E-state index contributed by atoms with van der Waals surface area (Å²) in [6.45, 7) is 13.2. The monoisotopic (exact) mass is 664 g/mol. The van der Waals surface area contributed by atoms with E-state index in [1.807, 2.05) is 38.1 Å². The van der Waals surface area contributed by atoms with Crippen molar-refractivity contribution in [3.63, 3.8) is 0 Å². The van der Waals surface area contributed by atoms with Gasteiger partial charge in [-0.1, -0.05) is 32.0 Å². The molecule has 0 radical (unpaired) electrons. The van der Waals surface area contributed by atoms with Gasteiger partial charge in [0.2, 0.25) is 11.9 Å². The fourth-order valence-corrected chi connectivity index (χ4v) is 6.66. The van der Waals surface area contributed by atoms with E-state index < -0.39 is 46.9 Å². The molecule has 0 bridgehead atoms. The van der Waals surface area contributed by atoms with Gasteiger partial charge in [-0.3, -0.25) is 19.8 Å². The molecule has 2 aromatic carbocycles. The van der Waals surface area contributed by atoms with Gasteiger partial charge in [0.25, 0.3) is 5.91 Å². The van der Waals surface area contributed by atoms with Crippen LogP contribution in [0.4, 0.5) is 4.79 Å². The third-order valence-electron chi connectivity index (χ3n) is 9.34. The van der Waals surface area contributed by atoms with Crippen molar-refractivity contribution in [3.05, 3.63) is 59.2 Å². The number of methoxy groups -OCH3 is 1. The van der Waals surface area contributed by atoms with Crippen LogP contribution in [0.15, 0.2) is 47.5 Å². The topological polar surface area (TPSA) is 148 Å². The molecule has 12 nitrogen and oxygen atoms in total. The number of carbonyl (C=O) groups is 3. The molecule has 4 atom stereocenters. The maximum atomic E-state index is 14.2. The first-order valence-electron chi connectivity index (χ1n) is 16.6. The van der Waals surface area contributed by atoms with E-state index in [0.29, 0.717) is 41.0 Å². The van der Waals surface area contributed by atoms with Crippen molar-refractivity contribution in [1.29, 1.82) is 0 Å². The normalized spacial score (nSPS) is 24.2. The number of hydrogen-bond donors (Lipinski definition) is 3. The van der Waals surface area contributed by atoms with Crippen molar-refractivity contribution < 1.29 is 38.4 Å². The summed E-state index contributed by atoms with van der Waals surface area (Å²) in [5, 5.41) is 17.0. The molecule has 5 rings (SSSR count). The molecule has 0 spiro atoms. The third-order valence-corrected chi connectivity index (χ3v) is 9.34. The average Bonchev–Trinajstić information content (AvgIpc) is 3.02. The second kappa shape index (κ2) is 13.4. The predicted molar refractivity (Wildman–Crippen MR) is 179 cm³/mol. The van der Waals surface area contributed by atoms with Gasteiger partial charge in [-0.15, -0.1) is 0 Å². The molecule has 3 amide bonds. The van der Waals surface area contributed by atoms with E-state index >= 15 is 0 Å². The lowest BCUT2D eigenvalue weighted by molar-refractivity contribution is -0.133. The predicted octanol–water partition coefficient (Wildman–Crippen LogP) is 5.06. The summed E-state index contributed by atoms with van der Waals surface area (Å²) >= 11 is 0. The van der Waals surface area contributed by atoms with Crippen LogP contribution in [0.1, 0.15) is 101 Å². The van der Waals surface area contributed by atoms with E-state index in [2.05, 4.69) is 10.6 Å². The Kier molecular flexibility index (Phi) is 9.81. The summed E-state index contributed by atoms with van der Waals surface area (Å²) in [6, 6.07) is 10.9. The smallest absolute Gasteiger partial charge is 0.414 e. The molecule has 3 aliphatic rings. The van der Waals surface area contributed by atoms with Gasteiger partial charge < -0.3 is 29.4 Å². The fraction of sp³-hybridized carbons (Fsp3) is 0.556. The van der Waals surface area contributed by atoms with Gasteiger partial charge in [0, 0.05) is 29.7 Å². The van der Waals surface area contributed by atoms with Crippen LogP contribution in [0, 0.1) is 5.92 Å². The molecule has 3 N–H and O–H groups in total. The summed E-state index contributed by atoms with van der Waals surface area (Å²) in [4.78, 5) is 47.7. The highest BCUT2D eigenvalue weighted by atomic mass is 16.6. The number of ether oxygens (including phenoxy) is 4. The number of aliphatic hydroxyl groups is 1. The molecule has 3 aliphatic heterocycles. The zero-order valence-electron chi connectivity index (χ0n) is 29.1. The molecule has 260 valence electrons. The van der Waals surface area contributed by atoms with Crippen LogP contribution in [-0.2, 0) is 14.3 Å². The molecule has 1 unspecified atom stereocenters. The van der Waals surface area contributed by atoms with E-state index in [1.54, 1.807) is 59.9 Å². The van der Waals surface area contributed by atoms with Crippen molar-refractivity contribution >= 4 is 23.9 Å². The average molecular weight is 665 g/mol. The van der Waals surface area contributed by atoms with E-state index in [4.69, 9.17) is 23.9 Å².